The van der Waals surface area contributed by atoms with E-state index in [9.17, 15) is 4.79 Å². The highest BCUT2D eigenvalue weighted by Gasteiger charge is 2.32. The lowest BCUT2D eigenvalue weighted by Crippen LogP contribution is -2.49. The van der Waals surface area contributed by atoms with E-state index in [1.165, 1.54) is 4.90 Å². The molecule has 2 rings (SSSR count). The molecule has 1 saturated heterocycles. The van der Waals surface area contributed by atoms with E-state index >= 15 is 0 Å². The van der Waals surface area contributed by atoms with Crippen molar-refractivity contribution in [1.29, 1.82) is 5.26 Å². The van der Waals surface area contributed by atoms with Crippen LogP contribution >= 0.6 is 11.6 Å². The number of halogens is 1. The van der Waals surface area contributed by atoms with Crippen LogP contribution in [0.1, 0.15) is 11.1 Å². The van der Waals surface area contributed by atoms with Gasteiger partial charge in [-0.2, -0.15) is 5.26 Å². The van der Waals surface area contributed by atoms with Gasteiger partial charge in [-0.1, -0.05) is 17.7 Å². The van der Waals surface area contributed by atoms with Crippen LogP contribution in [0.25, 0.3) is 0 Å². The van der Waals surface area contributed by atoms with Crippen LogP contribution in [0.5, 0.6) is 0 Å². The van der Waals surface area contributed by atoms with Gasteiger partial charge in [-0.3, -0.25) is 9.69 Å². The Morgan fingerprint density at radius 2 is 2.22 bits per heavy atom. The third-order valence-corrected chi connectivity index (χ3v) is 3.16. The molecule has 0 radical (unpaired) electrons. The first-order valence-corrected chi connectivity index (χ1v) is 5.98. The standard InChI is InChI=1S/C13H13ClN2O2/c1-8-3-9(2)13(11(14)4-8)16-10(5-15)6-18-7-12(16)17/h3-4,10H,6-7H2,1-2H3. The summed E-state index contributed by atoms with van der Waals surface area (Å²) < 4.78 is 5.08. The van der Waals surface area contributed by atoms with Gasteiger partial charge in [0.25, 0.3) is 5.91 Å². The molecule has 1 aromatic carbocycles. The Hall–Kier alpha value is -1.57. The van der Waals surface area contributed by atoms with Gasteiger partial charge in [0, 0.05) is 0 Å². The average Bonchev–Trinajstić information content (AvgIpc) is 2.29. The summed E-state index contributed by atoms with van der Waals surface area (Å²) in [5, 5.41) is 9.60. The lowest BCUT2D eigenvalue weighted by atomic mass is 10.1. The summed E-state index contributed by atoms with van der Waals surface area (Å²) in [5.41, 5.74) is 2.52. The first-order valence-electron chi connectivity index (χ1n) is 5.60. The minimum Gasteiger partial charge on any atom is -0.368 e. The number of hydrogen-bond donors (Lipinski definition) is 0. The second-order valence-electron chi connectivity index (χ2n) is 4.34. The van der Waals surface area contributed by atoms with Crippen molar-refractivity contribution in [1.82, 2.24) is 0 Å². The molecular weight excluding hydrogens is 252 g/mol. The highest BCUT2D eigenvalue weighted by Crippen LogP contribution is 2.33. The lowest BCUT2D eigenvalue weighted by molar-refractivity contribution is -0.126. The van der Waals surface area contributed by atoms with E-state index in [1.54, 1.807) is 6.07 Å². The molecule has 1 aliphatic heterocycles. The van der Waals surface area contributed by atoms with Crippen LogP contribution in [0.2, 0.25) is 5.02 Å². The number of rotatable bonds is 1. The van der Waals surface area contributed by atoms with Crippen molar-refractivity contribution in [2.45, 2.75) is 19.9 Å². The maximum absolute atomic E-state index is 11.9. The summed E-state index contributed by atoms with van der Waals surface area (Å²) >= 11 is 6.21. The number of aryl methyl sites for hydroxylation is 2. The van der Waals surface area contributed by atoms with Gasteiger partial charge in [-0.25, -0.2) is 0 Å². The summed E-state index contributed by atoms with van der Waals surface area (Å²) in [6, 6.07) is 5.19. The molecular formula is C13H13ClN2O2. The Labute approximate surface area is 111 Å². The van der Waals surface area contributed by atoms with E-state index in [1.807, 2.05) is 19.9 Å². The molecule has 0 aliphatic carbocycles. The molecule has 0 saturated carbocycles. The molecule has 4 nitrogen and oxygen atoms in total. The highest BCUT2D eigenvalue weighted by molar-refractivity contribution is 6.34. The summed E-state index contributed by atoms with van der Waals surface area (Å²) in [4.78, 5) is 13.4. The van der Waals surface area contributed by atoms with Crippen molar-refractivity contribution < 1.29 is 9.53 Å². The van der Waals surface area contributed by atoms with Crippen LogP contribution in [-0.2, 0) is 9.53 Å². The number of hydrogen-bond acceptors (Lipinski definition) is 3. The molecule has 0 spiro atoms. The van der Waals surface area contributed by atoms with E-state index in [0.717, 1.165) is 11.1 Å². The number of amides is 1. The second-order valence-corrected chi connectivity index (χ2v) is 4.74. The van der Waals surface area contributed by atoms with Crippen molar-refractivity contribution in [2.24, 2.45) is 0 Å². The van der Waals surface area contributed by atoms with Gasteiger partial charge < -0.3 is 4.74 Å². The second kappa shape index (κ2) is 4.97. The number of nitriles is 1. The summed E-state index contributed by atoms with van der Waals surface area (Å²) in [7, 11) is 0. The fraction of sp³-hybridized carbons (Fsp3) is 0.385. The molecule has 5 heteroatoms. The number of carbonyl (C=O) groups is 1. The van der Waals surface area contributed by atoms with Gasteiger partial charge in [-0.15, -0.1) is 0 Å². The normalized spacial score (nSPS) is 19.8. The third-order valence-electron chi connectivity index (χ3n) is 2.87. The van der Waals surface area contributed by atoms with Crippen LogP contribution in [0.3, 0.4) is 0 Å². The van der Waals surface area contributed by atoms with Crippen LogP contribution in [0, 0.1) is 25.2 Å². The Kier molecular flexibility index (Phi) is 3.55. The maximum atomic E-state index is 11.9. The fourth-order valence-electron chi connectivity index (χ4n) is 2.16. The molecule has 0 N–H and O–H groups in total. The first-order chi connectivity index (χ1) is 8.54. The van der Waals surface area contributed by atoms with Crippen molar-refractivity contribution in [2.75, 3.05) is 18.1 Å². The molecule has 94 valence electrons. The Bertz CT molecular complexity index is 513. The fourth-order valence-corrected chi connectivity index (χ4v) is 2.58. The van der Waals surface area contributed by atoms with Gasteiger partial charge in [-0.05, 0) is 31.0 Å². The van der Waals surface area contributed by atoms with E-state index in [2.05, 4.69) is 6.07 Å². The topological polar surface area (TPSA) is 53.3 Å². The largest absolute Gasteiger partial charge is 0.368 e. The minimum atomic E-state index is -0.620. The van der Waals surface area contributed by atoms with Crippen LogP contribution in [0.15, 0.2) is 12.1 Å². The number of ether oxygens (including phenoxy) is 1. The van der Waals surface area contributed by atoms with Gasteiger partial charge in [0.1, 0.15) is 12.6 Å². The zero-order chi connectivity index (χ0) is 13.3. The van der Waals surface area contributed by atoms with Crippen molar-refractivity contribution >= 4 is 23.2 Å². The van der Waals surface area contributed by atoms with Gasteiger partial charge >= 0.3 is 0 Å². The smallest absolute Gasteiger partial charge is 0.254 e. The molecule has 1 aromatic rings. The molecule has 0 bridgehead atoms. The number of nitrogens with zero attached hydrogens (tertiary/aromatic N) is 2. The van der Waals surface area contributed by atoms with Gasteiger partial charge in [0.05, 0.1) is 23.4 Å². The molecule has 1 atom stereocenters. The minimum absolute atomic E-state index is 0.0121. The van der Waals surface area contributed by atoms with E-state index in [0.29, 0.717) is 10.7 Å². The van der Waals surface area contributed by atoms with Crippen LogP contribution in [0.4, 0.5) is 5.69 Å². The monoisotopic (exact) mass is 264 g/mol. The average molecular weight is 265 g/mol. The van der Waals surface area contributed by atoms with Crippen molar-refractivity contribution in [3.05, 3.63) is 28.3 Å². The quantitative estimate of drug-likeness (QED) is 0.781. The molecule has 1 fully saturated rings. The molecule has 1 aliphatic rings. The Morgan fingerprint density at radius 3 is 2.83 bits per heavy atom. The Balaban J connectivity index is 2.52. The predicted molar refractivity (Wildman–Crippen MR) is 68.6 cm³/mol. The molecule has 1 unspecified atom stereocenters. The number of benzene rings is 1. The van der Waals surface area contributed by atoms with Crippen molar-refractivity contribution in [3.8, 4) is 6.07 Å². The molecule has 0 aromatic heterocycles. The molecule has 1 heterocycles. The number of carbonyl (C=O) groups excluding carboxylic acids is 1. The molecule has 18 heavy (non-hydrogen) atoms. The summed E-state index contributed by atoms with van der Waals surface area (Å²) in [5.74, 6) is -0.235. The van der Waals surface area contributed by atoms with Crippen LogP contribution < -0.4 is 4.90 Å². The van der Waals surface area contributed by atoms with Crippen LogP contribution in [-0.4, -0.2) is 25.2 Å². The Morgan fingerprint density at radius 1 is 1.50 bits per heavy atom. The molecule has 1 amide bonds. The first kappa shape index (κ1) is 12.9. The zero-order valence-corrected chi connectivity index (χ0v) is 11.0. The van der Waals surface area contributed by atoms with E-state index in [-0.39, 0.29) is 19.1 Å². The number of anilines is 1. The van der Waals surface area contributed by atoms with E-state index in [4.69, 9.17) is 21.6 Å². The highest BCUT2D eigenvalue weighted by atomic mass is 35.5. The van der Waals surface area contributed by atoms with E-state index < -0.39 is 6.04 Å². The SMILES string of the molecule is Cc1cc(C)c(N2C(=O)COCC2C#N)c(Cl)c1. The predicted octanol–water partition coefficient (Wildman–Crippen LogP) is 2.21. The zero-order valence-electron chi connectivity index (χ0n) is 10.2. The van der Waals surface area contributed by atoms with Gasteiger partial charge in [0.15, 0.2) is 0 Å². The lowest BCUT2D eigenvalue weighted by Gasteiger charge is -2.33. The maximum Gasteiger partial charge on any atom is 0.254 e. The van der Waals surface area contributed by atoms with Gasteiger partial charge in [0.2, 0.25) is 0 Å². The summed E-state index contributed by atoms with van der Waals surface area (Å²) in [6.07, 6.45) is 0. The summed E-state index contributed by atoms with van der Waals surface area (Å²) in [6.45, 7) is 4.02. The number of morpholine rings is 1. The van der Waals surface area contributed by atoms with Crippen molar-refractivity contribution in [3.63, 3.8) is 0 Å². The third kappa shape index (κ3) is 2.20.